The van der Waals surface area contributed by atoms with Crippen LogP contribution in [0.1, 0.15) is 33.3 Å². The van der Waals surface area contributed by atoms with Gasteiger partial charge in [0.25, 0.3) is 0 Å². The third-order valence-electron chi connectivity index (χ3n) is 4.55. The Labute approximate surface area is 137 Å². The summed E-state index contributed by atoms with van der Waals surface area (Å²) in [5.41, 5.74) is 1.39. The summed E-state index contributed by atoms with van der Waals surface area (Å²) >= 11 is 0. The largest absolute Gasteiger partial charge is 0.494 e. The molecule has 2 heterocycles. The summed E-state index contributed by atoms with van der Waals surface area (Å²) in [6.07, 6.45) is 1.86. The van der Waals surface area contributed by atoms with Gasteiger partial charge in [0.15, 0.2) is 0 Å². The van der Waals surface area contributed by atoms with E-state index in [0.29, 0.717) is 12.5 Å². The average molecular weight is 314 g/mol. The van der Waals surface area contributed by atoms with Crippen molar-refractivity contribution in [2.45, 2.75) is 45.5 Å². The van der Waals surface area contributed by atoms with E-state index >= 15 is 0 Å². The monoisotopic (exact) mass is 314 g/mol. The van der Waals surface area contributed by atoms with Gasteiger partial charge in [-0.2, -0.15) is 0 Å². The highest BCUT2D eigenvalue weighted by Gasteiger charge is 2.51. The Kier molecular flexibility index (Phi) is 3.98. The van der Waals surface area contributed by atoms with Gasteiger partial charge in [0.2, 0.25) is 5.88 Å². The minimum atomic E-state index is -0.352. The molecule has 1 aliphatic rings. The second-order valence-electron chi connectivity index (χ2n) is 6.95. The normalized spacial score (nSPS) is 19.1. The first-order valence-electron chi connectivity index (χ1n) is 7.84. The van der Waals surface area contributed by atoms with Crippen molar-refractivity contribution in [1.82, 2.24) is 9.78 Å². The summed E-state index contributed by atoms with van der Waals surface area (Å²) in [6, 6.07) is 9.95. The zero-order chi connectivity index (χ0) is 16.7. The van der Waals surface area contributed by atoms with Crippen LogP contribution in [0, 0.1) is 0 Å². The summed E-state index contributed by atoms with van der Waals surface area (Å²) in [4.78, 5) is 0. The summed E-state index contributed by atoms with van der Waals surface area (Å²) in [5.74, 6) is 0.619. The van der Waals surface area contributed by atoms with Gasteiger partial charge < -0.3 is 14.0 Å². The van der Waals surface area contributed by atoms with Crippen molar-refractivity contribution in [3.05, 3.63) is 42.1 Å². The molecule has 1 fully saturated rings. The molecule has 0 saturated carbocycles. The standard InChI is InChI=1S/C17H23BN2O3/c1-16(2)17(3,4)23-18(22-16)14-8-6-7-13(11-14)12-21-15-9-10-20(5)19-15/h6-11H,12H2,1-5H3. The highest BCUT2D eigenvalue weighted by Crippen LogP contribution is 2.36. The maximum atomic E-state index is 6.09. The quantitative estimate of drug-likeness (QED) is 0.813. The number of hydrogen-bond acceptors (Lipinski definition) is 4. The third-order valence-corrected chi connectivity index (χ3v) is 4.55. The Hall–Kier alpha value is -1.79. The summed E-state index contributed by atoms with van der Waals surface area (Å²) in [6.45, 7) is 8.69. The molecule has 1 aromatic heterocycles. The number of nitrogens with zero attached hydrogens (tertiary/aromatic N) is 2. The molecule has 23 heavy (non-hydrogen) atoms. The molecule has 5 nitrogen and oxygen atoms in total. The van der Waals surface area contributed by atoms with Crippen molar-refractivity contribution in [3.63, 3.8) is 0 Å². The first kappa shape index (κ1) is 16.1. The molecule has 0 radical (unpaired) electrons. The third kappa shape index (κ3) is 3.28. The molecule has 0 unspecified atom stereocenters. The topological polar surface area (TPSA) is 45.5 Å². The van der Waals surface area contributed by atoms with Gasteiger partial charge in [0.05, 0.1) is 11.2 Å². The van der Waals surface area contributed by atoms with Gasteiger partial charge >= 0.3 is 7.12 Å². The molecule has 1 aliphatic heterocycles. The van der Waals surface area contributed by atoms with Crippen molar-refractivity contribution in [2.75, 3.05) is 0 Å². The lowest BCUT2D eigenvalue weighted by Gasteiger charge is -2.32. The molecular formula is C17H23BN2O3. The van der Waals surface area contributed by atoms with Crippen molar-refractivity contribution in [2.24, 2.45) is 7.05 Å². The molecular weight excluding hydrogens is 291 g/mol. The first-order chi connectivity index (χ1) is 10.8. The van der Waals surface area contributed by atoms with Gasteiger partial charge in [0, 0.05) is 19.3 Å². The van der Waals surface area contributed by atoms with E-state index in [1.807, 2.05) is 37.5 Å². The van der Waals surface area contributed by atoms with Gasteiger partial charge in [-0.15, -0.1) is 5.10 Å². The van der Waals surface area contributed by atoms with Gasteiger partial charge in [0.1, 0.15) is 6.61 Å². The van der Waals surface area contributed by atoms with Crippen LogP contribution in [-0.4, -0.2) is 28.1 Å². The summed E-state index contributed by atoms with van der Waals surface area (Å²) in [5, 5.41) is 4.21. The Bertz CT molecular complexity index is 681. The zero-order valence-electron chi connectivity index (χ0n) is 14.4. The van der Waals surface area contributed by atoms with Crippen LogP contribution in [0.5, 0.6) is 5.88 Å². The van der Waals surface area contributed by atoms with Crippen LogP contribution in [0.25, 0.3) is 0 Å². The second-order valence-corrected chi connectivity index (χ2v) is 6.95. The Morgan fingerprint density at radius 1 is 1.13 bits per heavy atom. The summed E-state index contributed by atoms with van der Waals surface area (Å²) in [7, 11) is 1.51. The molecule has 6 heteroatoms. The minimum absolute atomic E-state index is 0.335. The van der Waals surface area contributed by atoms with Crippen LogP contribution < -0.4 is 10.2 Å². The van der Waals surface area contributed by atoms with E-state index in [4.69, 9.17) is 14.0 Å². The minimum Gasteiger partial charge on any atom is -0.472 e. The molecule has 0 aliphatic carbocycles. The van der Waals surface area contributed by atoms with E-state index in [1.54, 1.807) is 4.68 Å². The molecule has 0 amide bonds. The van der Waals surface area contributed by atoms with Crippen LogP contribution in [0.15, 0.2) is 36.5 Å². The Morgan fingerprint density at radius 3 is 2.43 bits per heavy atom. The highest BCUT2D eigenvalue weighted by atomic mass is 16.7. The van der Waals surface area contributed by atoms with Crippen LogP contribution in [0.3, 0.4) is 0 Å². The number of aryl methyl sites for hydroxylation is 1. The lowest BCUT2D eigenvalue weighted by molar-refractivity contribution is 0.00578. The van der Waals surface area contributed by atoms with Gasteiger partial charge in [-0.25, -0.2) is 0 Å². The molecule has 3 rings (SSSR count). The fourth-order valence-corrected chi connectivity index (χ4v) is 2.44. The number of hydrogen-bond donors (Lipinski definition) is 0. The second kappa shape index (κ2) is 5.69. The maximum Gasteiger partial charge on any atom is 0.494 e. The predicted molar refractivity (Wildman–Crippen MR) is 89.7 cm³/mol. The molecule has 0 N–H and O–H groups in total. The van der Waals surface area contributed by atoms with E-state index in [0.717, 1.165) is 11.0 Å². The lowest BCUT2D eigenvalue weighted by atomic mass is 9.78. The zero-order valence-corrected chi connectivity index (χ0v) is 14.4. The smallest absolute Gasteiger partial charge is 0.472 e. The molecule has 0 bridgehead atoms. The lowest BCUT2D eigenvalue weighted by Crippen LogP contribution is -2.41. The molecule has 122 valence electrons. The number of rotatable bonds is 4. The van der Waals surface area contributed by atoms with Crippen molar-refractivity contribution in [1.29, 1.82) is 0 Å². The van der Waals surface area contributed by atoms with E-state index in [9.17, 15) is 0 Å². The van der Waals surface area contributed by atoms with Crippen molar-refractivity contribution < 1.29 is 14.0 Å². The first-order valence-corrected chi connectivity index (χ1v) is 7.84. The fourth-order valence-electron chi connectivity index (χ4n) is 2.44. The Balaban J connectivity index is 1.71. The van der Waals surface area contributed by atoms with E-state index < -0.39 is 0 Å². The Morgan fingerprint density at radius 2 is 1.83 bits per heavy atom. The van der Waals surface area contributed by atoms with Gasteiger partial charge in [-0.1, -0.05) is 24.3 Å². The average Bonchev–Trinajstić information content (AvgIpc) is 2.98. The SMILES string of the molecule is Cn1ccc(OCc2cccc(B3OC(C)(C)C(C)(C)O3)c2)n1. The van der Waals surface area contributed by atoms with Crippen molar-refractivity contribution in [3.8, 4) is 5.88 Å². The molecule has 1 aromatic carbocycles. The highest BCUT2D eigenvalue weighted by molar-refractivity contribution is 6.62. The maximum absolute atomic E-state index is 6.09. The van der Waals surface area contributed by atoms with Crippen LogP contribution in [0.2, 0.25) is 0 Å². The fraction of sp³-hybridized carbons (Fsp3) is 0.471. The van der Waals surface area contributed by atoms with Crippen LogP contribution in [0.4, 0.5) is 0 Å². The van der Waals surface area contributed by atoms with Gasteiger partial charge in [-0.05, 0) is 38.7 Å². The number of aromatic nitrogens is 2. The van der Waals surface area contributed by atoms with Gasteiger partial charge in [-0.3, -0.25) is 4.68 Å². The van der Waals surface area contributed by atoms with Crippen molar-refractivity contribution >= 4 is 12.6 Å². The molecule has 0 atom stereocenters. The van der Waals surface area contributed by atoms with E-state index in [1.165, 1.54) is 0 Å². The van der Waals surface area contributed by atoms with E-state index in [2.05, 4.69) is 38.9 Å². The predicted octanol–water partition coefficient (Wildman–Crippen LogP) is 2.30. The molecule has 0 spiro atoms. The summed E-state index contributed by atoms with van der Waals surface area (Å²) < 4.78 is 19.6. The number of benzene rings is 1. The van der Waals surface area contributed by atoms with Crippen LogP contribution in [-0.2, 0) is 23.0 Å². The number of ether oxygens (including phenoxy) is 1. The van der Waals surface area contributed by atoms with Crippen LogP contribution >= 0.6 is 0 Å². The van der Waals surface area contributed by atoms with E-state index in [-0.39, 0.29) is 18.3 Å². The molecule has 2 aromatic rings. The molecule has 1 saturated heterocycles.